The predicted molar refractivity (Wildman–Crippen MR) is 166 cm³/mol. The summed E-state index contributed by atoms with van der Waals surface area (Å²) in [5.41, 5.74) is -3.77. The summed E-state index contributed by atoms with van der Waals surface area (Å²) in [7, 11) is 1.16. The molecule has 266 valence electrons. The molecule has 0 aromatic heterocycles. The van der Waals surface area contributed by atoms with E-state index in [1.54, 1.807) is 6.07 Å². The lowest BCUT2D eigenvalue weighted by Crippen LogP contribution is -2.56. The van der Waals surface area contributed by atoms with Crippen molar-refractivity contribution in [2.45, 2.75) is 83.4 Å². The van der Waals surface area contributed by atoms with E-state index in [1.165, 1.54) is 41.5 Å². The Morgan fingerprint density at radius 1 is 0.939 bits per heavy atom. The minimum atomic E-state index is -2.09. The summed E-state index contributed by atoms with van der Waals surface area (Å²) in [4.78, 5) is 63.2. The molecule has 0 heterocycles. The maximum Gasteiger partial charge on any atom is 0.408 e. The minimum absolute atomic E-state index is 0.182. The van der Waals surface area contributed by atoms with Crippen molar-refractivity contribution in [3.63, 3.8) is 0 Å². The number of halogens is 1. The van der Waals surface area contributed by atoms with Crippen LogP contribution in [0.3, 0.4) is 0 Å². The van der Waals surface area contributed by atoms with Crippen molar-refractivity contribution in [3.05, 3.63) is 57.4 Å². The van der Waals surface area contributed by atoms with Gasteiger partial charge < -0.3 is 45.5 Å². The van der Waals surface area contributed by atoms with Gasteiger partial charge in [0.1, 0.15) is 29.4 Å². The van der Waals surface area contributed by atoms with Gasteiger partial charge in [-0.05, 0) is 70.9 Å². The molecule has 0 fully saturated rings. The van der Waals surface area contributed by atoms with Crippen molar-refractivity contribution >= 4 is 29.6 Å². The topological polar surface area (TPSA) is 260 Å². The van der Waals surface area contributed by atoms with Crippen molar-refractivity contribution in [2.75, 3.05) is 7.11 Å². The molecule has 6 N–H and O–H groups in total. The molecular formula is C31H38FN5O12. The number of hydrogen-bond donors (Lipinski definition) is 6. The molecule has 4 atom stereocenters. The van der Waals surface area contributed by atoms with Crippen LogP contribution in [-0.4, -0.2) is 74.5 Å². The van der Waals surface area contributed by atoms with Gasteiger partial charge in [-0.3, -0.25) is 19.7 Å². The van der Waals surface area contributed by atoms with Gasteiger partial charge >= 0.3 is 17.7 Å². The Labute approximate surface area is 280 Å². The highest BCUT2D eigenvalue weighted by Crippen LogP contribution is 2.38. The van der Waals surface area contributed by atoms with Crippen LogP contribution in [0.2, 0.25) is 0 Å². The highest BCUT2D eigenvalue weighted by Gasteiger charge is 2.37. The second-order valence-corrected chi connectivity index (χ2v) is 12.5. The largest absolute Gasteiger partial charge is 0.504 e. The van der Waals surface area contributed by atoms with Gasteiger partial charge in [0.05, 0.1) is 24.5 Å². The fraction of sp³-hybridized carbons (Fsp3) is 0.452. The van der Waals surface area contributed by atoms with Crippen molar-refractivity contribution < 1.29 is 58.0 Å². The number of aromatic hydroxyl groups is 2. The molecule has 2 aromatic rings. The fourth-order valence-electron chi connectivity index (χ4n) is 4.21. The van der Waals surface area contributed by atoms with E-state index in [1.807, 2.05) is 0 Å². The fourth-order valence-corrected chi connectivity index (χ4v) is 4.21. The van der Waals surface area contributed by atoms with E-state index in [9.17, 15) is 54.3 Å². The Morgan fingerprint density at radius 2 is 1.51 bits per heavy atom. The molecule has 0 saturated heterocycles. The lowest BCUT2D eigenvalue weighted by atomic mass is 10.00. The molecule has 0 bridgehead atoms. The van der Waals surface area contributed by atoms with Crippen molar-refractivity contribution in [1.29, 1.82) is 5.26 Å². The second-order valence-electron chi connectivity index (χ2n) is 12.5. The number of nitrogens with zero attached hydrogens (tertiary/aromatic N) is 2. The number of carbonyl (C=O) groups is 4. The lowest BCUT2D eigenvalue weighted by molar-refractivity contribution is -0.387. The van der Waals surface area contributed by atoms with E-state index in [2.05, 4.69) is 16.0 Å². The quantitative estimate of drug-likeness (QED) is 0.106. The summed E-state index contributed by atoms with van der Waals surface area (Å²) in [6.07, 6.45) is -4.04. The van der Waals surface area contributed by atoms with Gasteiger partial charge in [0, 0.05) is 6.07 Å². The monoisotopic (exact) mass is 691 g/mol. The van der Waals surface area contributed by atoms with Crippen LogP contribution in [-0.2, 0) is 23.9 Å². The van der Waals surface area contributed by atoms with Crippen LogP contribution < -0.4 is 20.7 Å². The van der Waals surface area contributed by atoms with Gasteiger partial charge in [-0.2, -0.15) is 9.65 Å². The molecule has 17 nitrogen and oxygen atoms in total. The average molecular weight is 692 g/mol. The number of benzene rings is 2. The van der Waals surface area contributed by atoms with Gasteiger partial charge in [0.15, 0.2) is 17.5 Å². The van der Waals surface area contributed by atoms with E-state index < -0.39 is 93.7 Å². The van der Waals surface area contributed by atoms with Crippen LogP contribution >= 0.6 is 0 Å². The summed E-state index contributed by atoms with van der Waals surface area (Å²) in [6.45, 7) is 9.09. The summed E-state index contributed by atoms with van der Waals surface area (Å²) >= 11 is 0. The van der Waals surface area contributed by atoms with E-state index in [-0.39, 0.29) is 16.9 Å². The number of methoxy groups -OCH3 is 1. The van der Waals surface area contributed by atoms with Crippen LogP contribution in [0.25, 0.3) is 0 Å². The van der Waals surface area contributed by atoms with E-state index in [0.29, 0.717) is 12.1 Å². The van der Waals surface area contributed by atoms with Gasteiger partial charge in [-0.1, -0.05) is 6.07 Å². The lowest BCUT2D eigenvalue weighted by Gasteiger charge is -2.28. The van der Waals surface area contributed by atoms with Crippen LogP contribution in [0.5, 0.6) is 17.2 Å². The summed E-state index contributed by atoms with van der Waals surface area (Å²) in [6, 6.07) is 0.382. The number of carbonyl (C=O) groups excluding carboxylic acids is 4. The number of nitrogens with one attached hydrogen (secondary N) is 3. The number of phenolic OH excluding ortho intramolecular Hbond substituents is 2. The third kappa shape index (κ3) is 11.2. The molecular weight excluding hydrogens is 653 g/mol. The van der Waals surface area contributed by atoms with Crippen LogP contribution in [0, 0.1) is 27.3 Å². The number of ether oxygens (including phenoxy) is 3. The molecule has 0 aliphatic rings. The Morgan fingerprint density at radius 3 is 2.00 bits per heavy atom. The number of nitro groups is 1. The first-order valence-corrected chi connectivity index (χ1v) is 14.5. The number of alkyl carbamates (subject to hydrolysis) is 1. The molecule has 49 heavy (non-hydrogen) atoms. The SMILES string of the molecule is COc1c(O)cc([C@H](NC(=O)[C@H](CC#N)NC(=O)[C@H](NC(=O)OC(C)(C)C)[C@H](O)c2ccc(F)c([N+](=O)[O-])c2)C(=O)OC(C)(C)C)cc1O. The zero-order chi connectivity index (χ0) is 37.4. The molecule has 2 aromatic carbocycles. The zero-order valence-corrected chi connectivity index (χ0v) is 27.7. The minimum Gasteiger partial charge on any atom is -0.504 e. The van der Waals surface area contributed by atoms with Crippen LogP contribution in [0.15, 0.2) is 30.3 Å². The van der Waals surface area contributed by atoms with Gasteiger partial charge in [-0.25, -0.2) is 9.59 Å². The Hall–Kier alpha value is -5.70. The number of amides is 3. The molecule has 0 saturated carbocycles. The average Bonchev–Trinajstić information content (AvgIpc) is 2.96. The Bertz CT molecular complexity index is 1610. The van der Waals surface area contributed by atoms with Gasteiger partial charge in [-0.15, -0.1) is 0 Å². The van der Waals surface area contributed by atoms with Gasteiger partial charge in [0.2, 0.25) is 23.4 Å². The van der Waals surface area contributed by atoms with Crippen molar-refractivity contribution in [1.82, 2.24) is 16.0 Å². The smallest absolute Gasteiger partial charge is 0.408 e. The first kappa shape index (κ1) is 39.5. The van der Waals surface area contributed by atoms with Crippen LogP contribution in [0.4, 0.5) is 14.9 Å². The summed E-state index contributed by atoms with van der Waals surface area (Å²) in [5, 5.41) is 59.1. The first-order chi connectivity index (χ1) is 22.6. The number of aliphatic hydroxyl groups is 1. The number of rotatable bonds is 12. The number of hydrogen-bond acceptors (Lipinski definition) is 13. The first-order valence-electron chi connectivity index (χ1n) is 14.5. The Kier molecular flexibility index (Phi) is 12.8. The molecule has 0 aliphatic carbocycles. The van der Waals surface area contributed by atoms with E-state index in [4.69, 9.17) is 14.2 Å². The summed E-state index contributed by atoms with van der Waals surface area (Å²) in [5.74, 6) is -6.31. The van der Waals surface area contributed by atoms with E-state index in [0.717, 1.165) is 25.3 Å². The molecule has 0 radical (unpaired) electrons. The van der Waals surface area contributed by atoms with Crippen molar-refractivity contribution in [2.24, 2.45) is 0 Å². The molecule has 18 heteroatoms. The third-order valence-corrected chi connectivity index (χ3v) is 6.25. The molecule has 3 amide bonds. The number of esters is 1. The summed E-state index contributed by atoms with van der Waals surface area (Å²) < 4.78 is 29.4. The zero-order valence-electron chi connectivity index (χ0n) is 27.7. The number of nitro benzene ring substituents is 1. The molecule has 0 unspecified atom stereocenters. The molecule has 0 aliphatic heterocycles. The maximum atomic E-state index is 14.0. The highest BCUT2D eigenvalue weighted by atomic mass is 19.1. The van der Waals surface area contributed by atoms with Crippen molar-refractivity contribution in [3.8, 4) is 23.3 Å². The molecule has 0 spiro atoms. The maximum absolute atomic E-state index is 14.0. The van der Waals surface area contributed by atoms with Gasteiger partial charge in [0.25, 0.3) is 0 Å². The number of phenols is 2. The standard InChI is InChI=1S/C31H38FN5O12/c1-30(2,3)48-28(43)22(16-13-20(38)25(47-7)21(39)14-16)35-26(41)18(10-11-33)34-27(42)23(36-29(44)49-31(4,5)6)24(40)15-8-9-17(32)19(12-15)37(45)46/h8-9,12-14,18,22-24,38-40H,10H2,1-7H3,(H,34,42)(H,35,41)(H,36,44)/t18-,22-,23+,24+/m0/s1. The van der Waals surface area contributed by atoms with Crippen LogP contribution in [0.1, 0.15) is 71.2 Å². The second kappa shape index (κ2) is 15.9. The number of aliphatic hydroxyl groups excluding tert-OH is 1. The number of nitriles is 1. The molecule has 2 rings (SSSR count). The third-order valence-electron chi connectivity index (χ3n) is 6.25. The predicted octanol–water partition coefficient (Wildman–Crippen LogP) is 2.68. The normalized spacial score (nSPS) is 13.8. The highest BCUT2D eigenvalue weighted by molar-refractivity contribution is 5.94. The van der Waals surface area contributed by atoms with E-state index >= 15 is 0 Å². The Balaban J connectivity index is 2.51.